The molecule has 6 heteroatoms. The van der Waals surface area contributed by atoms with E-state index in [1.54, 1.807) is 7.11 Å². The van der Waals surface area contributed by atoms with Gasteiger partial charge in [-0.25, -0.2) is 0 Å². The predicted octanol–water partition coefficient (Wildman–Crippen LogP) is 0.377. The number of nitrogens with two attached hydrogens (primary N) is 1. The Morgan fingerprint density at radius 3 is 2.33 bits per heavy atom. The van der Waals surface area contributed by atoms with Gasteiger partial charge < -0.3 is 32.7 Å². The van der Waals surface area contributed by atoms with Crippen molar-refractivity contribution in [2.24, 2.45) is 0 Å². The van der Waals surface area contributed by atoms with Gasteiger partial charge in [-0.15, -0.1) is 0 Å². The summed E-state index contributed by atoms with van der Waals surface area (Å²) in [7, 11) is 1.65. The third-order valence-corrected chi connectivity index (χ3v) is 5.52. The van der Waals surface area contributed by atoms with Crippen molar-refractivity contribution in [3.8, 4) is 5.75 Å². The van der Waals surface area contributed by atoms with Crippen molar-refractivity contribution in [3.63, 3.8) is 0 Å². The number of carbonyl (C=O) groups excluding carboxylic acids is 1. The van der Waals surface area contributed by atoms with Crippen molar-refractivity contribution in [2.75, 3.05) is 45.6 Å². The molecule has 1 aromatic carbocycles. The lowest BCUT2D eigenvalue weighted by Crippen LogP contribution is -3.00. The van der Waals surface area contributed by atoms with Gasteiger partial charge in [0.1, 0.15) is 5.75 Å². The van der Waals surface area contributed by atoms with Gasteiger partial charge >= 0.3 is 0 Å². The molecule has 0 bridgehead atoms. The zero-order valence-electron chi connectivity index (χ0n) is 17.3. The maximum atomic E-state index is 10.4. The number of ether oxygens (including phenoxy) is 1. The van der Waals surface area contributed by atoms with Crippen LogP contribution in [0.1, 0.15) is 51.5 Å². The lowest BCUT2D eigenvalue weighted by Gasteiger charge is -2.37. The average molecular weight is 400 g/mol. The van der Waals surface area contributed by atoms with Crippen molar-refractivity contribution >= 4 is 12.1 Å². The standard InChI is InChI=1S/C21H37N3O2.ClH/c1-4-24(5-2,16-10-14-23-18-25)15-9-7-6-8-11-19-12-13-21(26-3)20(22)17-19;/h12-13,17-18H,4-11,14-16,22H2,1-3H3;1H. The summed E-state index contributed by atoms with van der Waals surface area (Å²) in [6, 6.07) is 6.10. The third kappa shape index (κ3) is 9.34. The number of nitrogens with zero attached hydrogens (tertiary/aromatic N) is 1. The highest BCUT2D eigenvalue weighted by Crippen LogP contribution is 2.23. The van der Waals surface area contributed by atoms with E-state index in [4.69, 9.17) is 10.5 Å². The highest BCUT2D eigenvalue weighted by Gasteiger charge is 2.21. The number of rotatable bonds is 15. The van der Waals surface area contributed by atoms with E-state index in [9.17, 15) is 4.79 Å². The summed E-state index contributed by atoms with van der Waals surface area (Å²) < 4.78 is 6.37. The van der Waals surface area contributed by atoms with Gasteiger partial charge in [0.15, 0.2) is 0 Å². The number of nitrogen functional groups attached to an aromatic ring is 1. The van der Waals surface area contributed by atoms with Crippen molar-refractivity contribution in [1.82, 2.24) is 5.32 Å². The smallest absolute Gasteiger partial charge is 0.207 e. The Morgan fingerprint density at radius 1 is 1.07 bits per heavy atom. The number of benzene rings is 1. The fourth-order valence-electron chi connectivity index (χ4n) is 3.61. The SMILES string of the molecule is CC[N+](CC)(CCCCCCc1ccc(OC)c(N)c1)CCCNC=O.[Cl-]. The second kappa shape index (κ2) is 14.6. The quantitative estimate of drug-likeness (QED) is 0.194. The first-order valence-electron chi connectivity index (χ1n) is 10.0. The Labute approximate surface area is 171 Å². The normalized spacial score (nSPS) is 10.9. The Morgan fingerprint density at radius 2 is 1.74 bits per heavy atom. The van der Waals surface area contributed by atoms with E-state index in [0.717, 1.165) is 48.3 Å². The summed E-state index contributed by atoms with van der Waals surface area (Å²) in [5.41, 5.74) is 7.98. The van der Waals surface area contributed by atoms with Crippen molar-refractivity contribution < 1.29 is 26.4 Å². The van der Waals surface area contributed by atoms with Crippen LogP contribution in [-0.2, 0) is 11.2 Å². The van der Waals surface area contributed by atoms with Gasteiger partial charge in [0, 0.05) is 13.0 Å². The Bertz CT molecular complexity index is 522. The molecule has 0 atom stereocenters. The summed E-state index contributed by atoms with van der Waals surface area (Å²) >= 11 is 0. The van der Waals surface area contributed by atoms with Crippen molar-refractivity contribution in [3.05, 3.63) is 23.8 Å². The topological polar surface area (TPSA) is 64.3 Å². The molecule has 5 nitrogen and oxygen atoms in total. The monoisotopic (exact) mass is 399 g/mol. The molecule has 1 rings (SSSR count). The number of carbonyl (C=O) groups is 1. The van der Waals surface area contributed by atoms with Crippen LogP contribution in [0.2, 0.25) is 0 Å². The molecule has 0 aliphatic rings. The minimum absolute atomic E-state index is 0. The van der Waals surface area contributed by atoms with Crippen molar-refractivity contribution in [1.29, 1.82) is 0 Å². The Balaban J connectivity index is 0.00000676. The molecule has 1 aromatic rings. The summed E-state index contributed by atoms with van der Waals surface area (Å²) in [6.45, 7) is 10.1. The van der Waals surface area contributed by atoms with E-state index >= 15 is 0 Å². The van der Waals surface area contributed by atoms with Gasteiger partial charge in [-0.3, -0.25) is 4.79 Å². The van der Waals surface area contributed by atoms with Crippen LogP contribution < -0.4 is 28.2 Å². The third-order valence-electron chi connectivity index (χ3n) is 5.52. The van der Waals surface area contributed by atoms with E-state index in [1.807, 2.05) is 12.1 Å². The number of methoxy groups -OCH3 is 1. The molecule has 3 N–H and O–H groups in total. The largest absolute Gasteiger partial charge is 1.00 e. The van der Waals surface area contributed by atoms with Gasteiger partial charge in [0.05, 0.1) is 39.0 Å². The number of unbranched alkanes of at least 4 members (excludes halogenated alkanes) is 3. The van der Waals surface area contributed by atoms with Crippen LogP contribution in [0.3, 0.4) is 0 Å². The van der Waals surface area contributed by atoms with Crippen LogP contribution >= 0.6 is 0 Å². The molecule has 0 aromatic heterocycles. The number of halogens is 1. The predicted molar refractivity (Wildman–Crippen MR) is 109 cm³/mol. The summed E-state index contributed by atoms with van der Waals surface area (Å²) in [5.74, 6) is 0.755. The number of aryl methyl sites for hydroxylation is 1. The van der Waals surface area contributed by atoms with E-state index < -0.39 is 0 Å². The van der Waals surface area contributed by atoms with Crippen LogP contribution in [0.25, 0.3) is 0 Å². The van der Waals surface area contributed by atoms with Crippen LogP contribution in [0, 0.1) is 0 Å². The fraction of sp³-hybridized carbons (Fsp3) is 0.667. The number of amides is 1. The minimum Gasteiger partial charge on any atom is -1.00 e. The second-order valence-electron chi connectivity index (χ2n) is 7.09. The molecule has 0 radical (unpaired) electrons. The van der Waals surface area contributed by atoms with Gasteiger partial charge in [-0.05, 0) is 57.2 Å². The molecule has 0 fully saturated rings. The zero-order valence-corrected chi connectivity index (χ0v) is 18.1. The molecule has 1 amide bonds. The van der Waals surface area contributed by atoms with E-state index in [2.05, 4.69) is 25.2 Å². The molecular formula is C21H38ClN3O2. The van der Waals surface area contributed by atoms with Gasteiger partial charge in [-0.2, -0.15) is 0 Å². The van der Waals surface area contributed by atoms with E-state index in [0.29, 0.717) is 0 Å². The maximum absolute atomic E-state index is 10.4. The molecule has 0 aliphatic heterocycles. The van der Waals surface area contributed by atoms with Crippen LogP contribution in [0.15, 0.2) is 18.2 Å². The Kier molecular flexibility index (Phi) is 13.8. The molecule has 0 unspecified atom stereocenters. The van der Waals surface area contributed by atoms with Gasteiger partial charge in [0.25, 0.3) is 0 Å². The number of nitrogens with one attached hydrogen (secondary N) is 1. The molecule has 0 heterocycles. The van der Waals surface area contributed by atoms with E-state index in [-0.39, 0.29) is 12.4 Å². The summed E-state index contributed by atoms with van der Waals surface area (Å²) in [5, 5.41) is 2.77. The number of hydrogen-bond acceptors (Lipinski definition) is 3. The lowest BCUT2D eigenvalue weighted by molar-refractivity contribution is -0.925. The molecule has 0 aliphatic carbocycles. The minimum atomic E-state index is 0. The van der Waals surface area contributed by atoms with Gasteiger partial charge in [-0.1, -0.05) is 12.5 Å². The molecular weight excluding hydrogens is 362 g/mol. The Hall–Kier alpha value is -1.46. The molecule has 27 heavy (non-hydrogen) atoms. The fourth-order valence-corrected chi connectivity index (χ4v) is 3.61. The average Bonchev–Trinajstić information content (AvgIpc) is 2.66. The van der Waals surface area contributed by atoms with Gasteiger partial charge in [0.2, 0.25) is 6.41 Å². The maximum Gasteiger partial charge on any atom is 0.207 e. The summed E-state index contributed by atoms with van der Waals surface area (Å²) in [6.07, 6.45) is 7.93. The van der Waals surface area contributed by atoms with E-state index in [1.165, 1.54) is 50.9 Å². The first kappa shape index (κ1) is 25.5. The first-order chi connectivity index (χ1) is 12.6. The highest BCUT2D eigenvalue weighted by molar-refractivity contribution is 5.54. The number of quaternary nitrogens is 1. The van der Waals surface area contributed by atoms with Crippen LogP contribution in [0.5, 0.6) is 5.75 Å². The number of hydrogen-bond donors (Lipinski definition) is 2. The molecule has 0 spiro atoms. The molecule has 0 saturated heterocycles. The van der Waals surface area contributed by atoms with Crippen LogP contribution in [0.4, 0.5) is 5.69 Å². The number of anilines is 1. The lowest BCUT2D eigenvalue weighted by atomic mass is 10.0. The molecule has 156 valence electrons. The molecule has 0 saturated carbocycles. The van der Waals surface area contributed by atoms with Crippen molar-refractivity contribution in [2.45, 2.75) is 52.4 Å². The van der Waals surface area contributed by atoms with Crippen LogP contribution in [-0.4, -0.2) is 50.7 Å². The highest BCUT2D eigenvalue weighted by atomic mass is 35.5. The zero-order chi connectivity index (χ0) is 19.3. The summed E-state index contributed by atoms with van der Waals surface area (Å²) in [4.78, 5) is 10.4. The second-order valence-corrected chi connectivity index (χ2v) is 7.09. The first-order valence-corrected chi connectivity index (χ1v) is 10.0.